The molecule has 0 aliphatic carbocycles. The molecule has 1 unspecified atom stereocenters. The molecule has 19 heavy (non-hydrogen) atoms. The van der Waals surface area contributed by atoms with Crippen molar-refractivity contribution in [2.75, 3.05) is 0 Å². The number of halogens is 4. The molecule has 0 radical (unpaired) electrons. The van der Waals surface area contributed by atoms with Gasteiger partial charge in [-0.05, 0) is 30.7 Å². The second kappa shape index (κ2) is 5.01. The monoisotopic (exact) mass is 270 g/mol. The molecule has 0 fully saturated rings. The molecule has 0 heterocycles. The SMILES string of the molecule is Cc1ccc(C(O)c2cc(F)ccc2F)c(F)c1F. The molecule has 0 saturated heterocycles. The third-order valence-electron chi connectivity index (χ3n) is 2.85. The van der Waals surface area contributed by atoms with E-state index in [0.29, 0.717) is 0 Å². The van der Waals surface area contributed by atoms with Crippen molar-refractivity contribution in [2.24, 2.45) is 0 Å². The first-order valence-electron chi connectivity index (χ1n) is 5.49. The maximum Gasteiger partial charge on any atom is 0.165 e. The summed E-state index contributed by atoms with van der Waals surface area (Å²) in [4.78, 5) is 0. The van der Waals surface area contributed by atoms with Gasteiger partial charge in [0.05, 0.1) is 0 Å². The maximum absolute atomic E-state index is 13.7. The lowest BCUT2D eigenvalue weighted by atomic mass is 9.99. The Hall–Kier alpha value is -1.88. The van der Waals surface area contributed by atoms with E-state index in [1.54, 1.807) is 0 Å². The van der Waals surface area contributed by atoms with Crippen molar-refractivity contribution in [3.8, 4) is 0 Å². The fraction of sp³-hybridized carbons (Fsp3) is 0.143. The van der Waals surface area contributed by atoms with Crippen LogP contribution in [0.2, 0.25) is 0 Å². The first-order valence-corrected chi connectivity index (χ1v) is 5.49. The normalized spacial score (nSPS) is 12.5. The summed E-state index contributed by atoms with van der Waals surface area (Å²) in [6.07, 6.45) is -1.77. The molecular weight excluding hydrogens is 260 g/mol. The van der Waals surface area contributed by atoms with Crippen LogP contribution < -0.4 is 0 Å². The van der Waals surface area contributed by atoms with Crippen LogP contribution in [-0.4, -0.2) is 5.11 Å². The predicted molar refractivity (Wildman–Crippen MR) is 61.5 cm³/mol. The van der Waals surface area contributed by atoms with Crippen LogP contribution in [0.15, 0.2) is 30.3 Å². The summed E-state index contributed by atoms with van der Waals surface area (Å²) in [5.41, 5.74) is -0.817. The van der Waals surface area contributed by atoms with E-state index in [-0.39, 0.29) is 5.56 Å². The third kappa shape index (κ3) is 2.46. The number of aryl methyl sites for hydroxylation is 1. The molecule has 100 valence electrons. The van der Waals surface area contributed by atoms with Gasteiger partial charge in [0.25, 0.3) is 0 Å². The van der Waals surface area contributed by atoms with Crippen LogP contribution in [0.5, 0.6) is 0 Å². The van der Waals surface area contributed by atoms with Crippen LogP contribution in [0.3, 0.4) is 0 Å². The molecule has 0 spiro atoms. The molecule has 0 aliphatic heterocycles. The molecule has 2 aromatic rings. The third-order valence-corrected chi connectivity index (χ3v) is 2.85. The van der Waals surface area contributed by atoms with E-state index in [4.69, 9.17) is 0 Å². The summed E-state index contributed by atoms with van der Waals surface area (Å²) in [6, 6.07) is 4.84. The maximum atomic E-state index is 13.7. The van der Waals surface area contributed by atoms with Gasteiger partial charge in [0, 0.05) is 11.1 Å². The summed E-state index contributed by atoms with van der Waals surface area (Å²) in [6.45, 7) is 1.36. The van der Waals surface area contributed by atoms with Gasteiger partial charge in [-0.3, -0.25) is 0 Å². The highest BCUT2D eigenvalue weighted by Crippen LogP contribution is 2.28. The molecule has 0 saturated carbocycles. The van der Waals surface area contributed by atoms with Crippen molar-refractivity contribution in [2.45, 2.75) is 13.0 Å². The van der Waals surface area contributed by atoms with E-state index in [1.807, 2.05) is 0 Å². The van der Waals surface area contributed by atoms with Crippen LogP contribution in [0.4, 0.5) is 17.6 Å². The average Bonchev–Trinajstić information content (AvgIpc) is 2.38. The first kappa shape index (κ1) is 13.5. The van der Waals surface area contributed by atoms with Crippen LogP contribution in [0, 0.1) is 30.2 Å². The van der Waals surface area contributed by atoms with Gasteiger partial charge < -0.3 is 5.11 Å². The van der Waals surface area contributed by atoms with E-state index in [0.717, 1.165) is 24.3 Å². The number of aliphatic hydroxyl groups excluding tert-OH is 1. The van der Waals surface area contributed by atoms with Crippen molar-refractivity contribution in [3.05, 3.63) is 70.3 Å². The van der Waals surface area contributed by atoms with E-state index in [9.17, 15) is 22.7 Å². The fourth-order valence-corrected chi connectivity index (χ4v) is 1.76. The zero-order valence-electron chi connectivity index (χ0n) is 9.92. The molecule has 0 amide bonds. The molecule has 1 nitrogen and oxygen atoms in total. The van der Waals surface area contributed by atoms with Gasteiger partial charge in [-0.1, -0.05) is 12.1 Å². The minimum atomic E-state index is -1.77. The molecule has 2 rings (SSSR count). The Labute approximate surface area is 107 Å². The summed E-state index contributed by atoms with van der Waals surface area (Å²) in [5.74, 6) is -4.05. The van der Waals surface area contributed by atoms with Gasteiger partial charge >= 0.3 is 0 Å². The Balaban J connectivity index is 2.53. The zero-order chi connectivity index (χ0) is 14.2. The highest BCUT2D eigenvalue weighted by molar-refractivity contribution is 5.34. The lowest BCUT2D eigenvalue weighted by Gasteiger charge is -2.14. The molecule has 0 bridgehead atoms. The number of hydrogen-bond acceptors (Lipinski definition) is 1. The lowest BCUT2D eigenvalue weighted by molar-refractivity contribution is 0.207. The number of hydrogen-bond donors (Lipinski definition) is 1. The van der Waals surface area contributed by atoms with Gasteiger partial charge in [-0.2, -0.15) is 0 Å². The predicted octanol–water partition coefficient (Wildman–Crippen LogP) is 3.63. The molecule has 1 atom stereocenters. The highest BCUT2D eigenvalue weighted by atomic mass is 19.2. The van der Waals surface area contributed by atoms with Gasteiger partial charge in [0.2, 0.25) is 0 Å². The second-order valence-electron chi connectivity index (χ2n) is 4.17. The van der Waals surface area contributed by atoms with E-state index >= 15 is 0 Å². The molecule has 5 heteroatoms. The minimum absolute atomic E-state index is 0.0631. The fourth-order valence-electron chi connectivity index (χ4n) is 1.76. The second-order valence-corrected chi connectivity index (χ2v) is 4.17. The van der Waals surface area contributed by atoms with E-state index in [2.05, 4.69) is 0 Å². The summed E-state index contributed by atoms with van der Waals surface area (Å²) >= 11 is 0. The average molecular weight is 270 g/mol. The Bertz CT molecular complexity index is 625. The molecule has 0 aliphatic rings. The molecular formula is C14H10F4O. The first-order chi connectivity index (χ1) is 8.91. The van der Waals surface area contributed by atoms with Gasteiger partial charge in [0.15, 0.2) is 11.6 Å². The molecule has 1 N–H and O–H groups in total. The van der Waals surface area contributed by atoms with Gasteiger partial charge in [0.1, 0.15) is 17.7 Å². The number of rotatable bonds is 2. The minimum Gasteiger partial charge on any atom is -0.383 e. The van der Waals surface area contributed by atoms with Crippen molar-refractivity contribution in [3.63, 3.8) is 0 Å². The standard InChI is InChI=1S/C14H10F4O/c1-7-2-4-9(13(18)12(7)17)14(19)10-6-8(15)3-5-11(10)16/h2-6,14,19H,1H3. The summed E-state index contributed by atoms with van der Waals surface area (Å²) in [5, 5.41) is 9.88. The number of aliphatic hydroxyl groups is 1. The summed E-state index contributed by atoms with van der Waals surface area (Å²) in [7, 11) is 0. The quantitative estimate of drug-likeness (QED) is 0.826. The Kier molecular flexibility index (Phi) is 3.57. The number of benzene rings is 2. The molecule has 2 aromatic carbocycles. The van der Waals surface area contributed by atoms with Gasteiger partial charge in [-0.15, -0.1) is 0 Å². The Morgan fingerprint density at radius 3 is 2.26 bits per heavy atom. The van der Waals surface area contributed by atoms with E-state index in [1.165, 1.54) is 13.0 Å². The topological polar surface area (TPSA) is 20.2 Å². The van der Waals surface area contributed by atoms with Gasteiger partial charge in [-0.25, -0.2) is 17.6 Å². The zero-order valence-corrected chi connectivity index (χ0v) is 9.92. The van der Waals surface area contributed by atoms with Crippen LogP contribution in [-0.2, 0) is 0 Å². The lowest BCUT2D eigenvalue weighted by Crippen LogP contribution is -2.07. The van der Waals surface area contributed by atoms with Crippen molar-refractivity contribution in [1.82, 2.24) is 0 Å². The highest BCUT2D eigenvalue weighted by Gasteiger charge is 2.22. The Morgan fingerprint density at radius 1 is 0.895 bits per heavy atom. The van der Waals surface area contributed by atoms with Crippen molar-refractivity contribution in [1.29, 1.82) is 0 Å². The van der Waals surface area contributed by atoms with Crippen molar-refractivity contribution >= 4 is 0 Å². The largest absolute Gasteiger partial charge is 0.383 e. The molecule has 0 aromatic heterocycles. The smallest absolute Gasteiger partial charge is 0.165 e. The van der Waals surface area contributed by atoms with Crippen LogP contribution in [0.25, 0.3) is 0 Å². The summed E-state index contributed by atoms with van der Waals surface area (Å²) < 4.78 is 53.6. The Morgan fingerprint density at radius 2 is 1.58 bits per heavy atom. The van der Waals surface area contributed by atoms with Crippen LogP contribution >= 0.6 is 0 Å². The van der Waals surface area contributed by atoms with Crippen LogP contribution in [0.1, 0.15) is 22.8 Å². The van der Waals surface area contributed by atoms with Crippen molar-refractivity contribution < 1.29 is 22.7 Å². The van der Waals surface area contributed by atoms with E-state index < -0.39 is 40.5 Å².